The third-order valence-corrected chi connectivity index (χ3v) is 2.69. The predicted molar refractivity (Wildman–Crippen MR) is 71.5 cm³/mol. The normalized spacial score (nSPS) is 10.9. The molecule has 0 saturated heterocycles. The molecule has 0 aliphatic rings. The first kappa shape index (κ1) is 14.0. The highest BCUT2D eigenvalue weighted by atomic mass is 16.2. The van der Waals surface area contributed by atoms with E-state index < -0.39 is 11.4 Å². The number of hydrogen-bond donors (Lipinski definition) is 2. The number of amides is 2. The highest BCUT2D eigenvalue weighted by Crippen LogP contribution is 2.13. The molecule has 0 aromatic heterocycles. The van der Waals surface area contributed by atoms with E-state index in [9.17, 15) is 9.59 Å². The zero-order chi connectivity index (χ0) is 13.9. The molecule has 0 aliphatic heterocycles. The second kappa shape index (κ2) is 5.08. The van der Waals surface area contributed by atoms with Gasteiger partial charge in [-0.1, -0.05) is 0 Å². The van der Waals surface area contributed by atoms with Crippen molar-refractivity contribution >= 4 is 17.5 Å². The summed E-state index contributed by atoms with van der Waals surface area (Å²) in [4.78, 5) is 25.0. The van der Waals surface area contributed by atoms with E-state index in [0.717, 1.165) is 5.69 Å². The van der Waals surface area contributed by atoms with Crippen LogP contribution in [0, 0.1) is 0 Å². The van der Waals surface area contributed by atoms with Crippen LogP contribution in [-0.4, -0.2) is 31.4 Å². The van der Waals surface area contributed by atoms with E-state index in [-0.39, 0.29) is 5.91 Å². The quantitative estimate of drug-likeness (QED) is 0.826. The Morgan fingerprint density at radius 3 is 2.06 bits per heavy atom. The Hall–Kier alpha value is -2.04. The van der Waals surface area contributed by atoms with Crippen molar-refractivity contribution in [3.05, 3.63) is 29.8 Å². The molecule has 18 heavy (non-hydrogen) atoms. The van der Waals surface area contributed by atoms with Crippen molar-refractivity contribution in [2.45, 2.75) is 19.4 Å². The SMILES string of the molecule is CN(C)c1ccc(C(=O)NC(C)(C)C(N)=O)cc1. The molecule has 0 fully saturated rings. The van der Waals surface area contributed by atoms with Crippen LogP contribution in [0.3, 0.4) is 0 Å². The molecule has 1 rings (SSSR count). The first-order chi connectivity index (χ1) is 8.24. The number of primary amides is 1. The topological polar surface area (TPSA) is 75.4 Å². The fourth-order valence-electron chi connectivity index (χ4n) is 1.33. The Bertz CT molecular complexity index is 450. The van der Waals surface area contributed by atoms with Crippen molar-refractivity contribution in [1.82, 2.24) is 5.32 Å². The Morgan fingerprint density at radius 2 is 1.67 bits per heavy atom. The fraction of sp³-hybridized carbons (Fsp3) is 0.385. The zero-order valence-corrected chi connectivity index (χ0v) is 11.2. The van der Waals surface area contributed by atoms with Crippen LogP contribution in [0.25, 0.3) is 0 Å². The lowest BCUT2D eigenvalue weighted by molar-refractivity contribution is -0.122. The summed E-state index contributed by atoms with van der Waals surface area (Å²) in [6.45, 7) is 3.14. The number of carbonyl (C=O) groups is 2. The Balaban J connectivity index is 2.82. The van der Waals surface area contributed by atoms with Gasteiger partial charge in [-0.3, -0.25) is 9.59 Å². The molecular weight excluding hydrogens is 230 g/mol. The van der Waals surface area contributed by atoms with Crippen LogP contribution in [0.1, 0.15) is 24.2 Å². The van der Waals surface area contributed by atoms with Gasteiger partial charge in [-0.25, -0.2) is 0 Å². The lowest BCUT2D eigenvalue weighted by Crippen LogP contribution is -2.52. The largest absolute Gasteiger partial charge is 0.378 e. The van der Waals surface area contributed by atoms with Gasteiger partial charge in [-0.05, 0) is 38.1 Å². The monoisotopic (exact) mass is 249 g/mol. The average molecular weight is 249 g/mol. The third-order valence-electron chi connectivity index (χ3n) is 2.69. The van der Waals surface area contributed by atoms with E-state index in [0.29, 0.717) is 5.56 Å². The van der Waals surface area contributed by atoms with Crippen LogP contribution in [0.4, 0.5) is 5.69 Å². The third kappa shape index (κ3) is 3.23. The Labute approximate surface area is 107 Å². The number of carbonyl (C=O) groups excluding carboxylic acids is 2. The van der Waals surface area contributed by atoms with E-state index in [1.807, 2.05) is 31.1 Å². The number of nitrogens with two attached hydrogens (primary N) is 1. The highest BCUT2D eigenvalue weighted by molar-refractivity contribution is 5.98. The Kier molecular flexibility index (Phi) is 3.96. The molecule has 0 radical (unpaired) electrons. The minimum Gasteiger partial charge on any atom is -0.378 e. The summed E-state index contributed by atoms with van der Waals surface area (Å²) in [7, 11) is 3.84. The average Bonchev–Trinajstić information content (AvgIpc) is 2.28. The first-order valence-electron chi connectivity index (χ1n) is 5.64. The van der Waals surface area contributed by atoms with E-state index in [4.69, 9.17) is 5.73 Å². The molecule has 0 unspecified atom stereocenters. The van der Waals surface area contributed by atoms with Crippen molar-refractivity contribution in [3.8, 4) is 0 Å². The molecule has 0 spiro atoms. The lowest BCUT2D eigenvalue weighted by Gasteiger charge is -2.22. The molecule has 0 aliphatic carbocycles. The molecule has 0 saturated carbocycles. The first-order valence-corrected chi connectivity index (χ1v) is 5.64. The summed E-state index contributed by atoms with van der Waals surface area (Å²) in [6, 6.07) is 7.10. The van der Waals surface area contributed by atoms with Gasteiger partial charge in [0.1, 0.15) is 5.54 Å². The molecule has 3 N–H and O–H groups in total. The fourth-order valence-corrected chi connectivity index (χ4v) is 1.33. The van der Waals surface area contributed by atoms with Gasteiger partial charge in [0.2, 0.25) is 5.91 Å². The maximum absolute atomic E-state index is 11.9. The van der Waals surface area contributed by atoms with Gasteiger partial charge in [0, 0.05) is 25.3 Å². The summed E-state index contributed by atoms with van der Waals surface area (Å²) in [5.41, 5.74) is 5.64. The van der Waals surface area contributed by atoms with Gasteiger partial charge >= 0.3 is 0 Å². The minimum atomic E-state index is -1.06. The van der Waals surface area contributed by atoms with Crippen molar-refractivity contribution < 1.29 is 9.59 Å². The maximum Gasteiger partial charge on any atom is 0.252 e. The molecule has 98 valence electrons. The minimum absolute atomic E-state index is 0.316. The van der Waals surface area contributed by atoms with Crippen LogP contribution >= 0.6 is 0 Å². The van der Waals surface area contributed by atoms with Crippen molar-refractivity contribution in [3.63, 3.8) is 0 Å². The van der Waals surface area contributed by atoms with Crippen molar-refractivity contribution in [2.24, 2.45) is 5.73 Å². The van der Waals surface area contributed by atoms with Gasteiger partial charge in [0.15, 0.2) is 0 Å². The Morgan fingerprint density at radius 1 is 1.17 bits per heavy atom. The van der Waals surface area contributed by atoms with E-state index in [1.165, 1.54) is 0 Å². The molecule has 2 amide bonds. The molecule has 1 aromatic carbocycles. The molecule has 0 bridgehead atoms. The van der Waals surface area contributed by atoms with E-state index in [2.05, 4.69) is 5.32 Å². The molecule has 0 atom stereocenters. The second-order valence-corrected chi connectivity index (χ2v) is 4.88. The maximum atomic E-state index is 11.9. The summed E-state index contributed by atoms with van der Waals surface area (Å²) in [6.07, 6.45) is 0. The summed E-state index contributed by atoms with van der Waals surface area (Å²) < 4.78 is 0. The second-order valence-electron chi connectivity index (χ2n) is 4.88. The van der Waals surface area contributed by atoms with Gasteiger partial charge in [0.25, 0.3) is 5.91 Å². The van der Waals surface area contributed by atoms with E-state index in [1.54, 1.807) is 26.0 Å². The zero-order valence-electron chi connectivity index (χ0n) is 11.2. The van der Waals surface area contributed by atoms with Gasteiger partial charge in [0.05, 0.1) is 0 Å². The number of benzene rings is 1. The molecule has 5 heteroatoms. The molecule has 1 aromatic rings. The van der Waals surface area contributed by atoms with Crippen molar-refractivity contribution in [1.29, 1.82) is 0 Å². The van der Waals surface area contributed by atoms with Crippen LogP contribution in [-0.2, 0) is 4.79 Å². The van der Waals surface area contributed by atoms with E-state index >= 15 is 0 Å². The smallest absolute Gasteiger partial charge is 0.252 e. The van der Waals surface area contributed by atoms with Crippen LogP contribution in [0.15, 0.2) is 24.3 Å². The lowest BCUT2D eigenvalue weighted by atomic mass is 10.0. The molecule has 0 heterocycles. The van der Waals surface area contributed by atoms with Gasteiger partial charge < -0.3 is 16.0 Å². The number of nitrogens with zero attached hydrogens (tertiary/aromatic N) is 1. The van der Waals surface area contributed by atoms with Crippen LogP contribution in [0.2, 0.25) is 0 Å². The molecule has 5 nitrogen and oxygen atoms in total. The summed E-state index contributed by atoms with van der Waals surface area (Å²) in [5.74, 6) is -0.884. The number of anilines is 1. The number of rotatable bonds is 4. The summed E-state index contributed by atoms with van der Waals surface area (Å²) in [5, 5.41) is 2.59. The molecular formula is C13H19N3O2. The van der Waals surface area contributed by atoms with Crippen molar-refractivity contribution in [2.75, 3.05) is 19.0 Å². The number of nitrogens with one attached hydrogen (secondary N) is 1. The van der Waals surface area contributed by atoms with Gasteiger partial charge in [-0.15, -0.1) is 0 Å². The van der Waals surface area contributed by atoms with Crippen LogP contribution in [0.5, 0.6) is 0 Å². The van der Waals surface area contributed by atoms with Crippen LogP contribution < -0.4 is 16.0 Å². The predicted octanol–water partition coefficient (Wildman–Crippen LogP) is 0.746. The number of hydrogen-bond acceptors (Lipinski definition) is 3. The summed E-state index contributed by atoms with van der Waals surface area (Å²) >= 11 is 0. The standard InChI is InChI=1S/C13H19N3O2/c1-13(2,12(14)18)15-11(17)9-5-7-10(8-6-9)16(3)4/h5-8H,1-4H3,(H2,14,18)(H,15,17). The highest BCUT2D eigenvalue weighted by Gasteiger charge is 2.27. The van der Waals surface area contributed by atoms with Gasteiger partial charge in [-0.2, -0.15) is 0 Å².